The third-order valence-electron chi connectivity index (χ3n) is 4.65. The Morgan fingerprint density at radius 3 is 2.46 bits per heavy atom. The summed E-state index contributed by atoms with van der Waals surface area (Å²) in [4.78, 5) is 51.4. The van der Waals surface area contributed by atoms with E-state index in [0.29, 0.717) is 12.8 Å². The Morgan fingerprint density at radius 2 is 1.86 bits per heavy atom. The highest BCUT2D eigenvalue weighted by atomic mass is 16.2. The Labute approximate surface area is 165 Å². The van der Waals surface area contributed by atoms with E-state index in [1.807, 2.05) is 44.2 Å². The number of benzene rings is 1. The van der Waals surface area contributed by atoms with Gasteiger partial charge in [0, 0.05) is 13.1 Å². The van der Waals surface area contributed by atoms with Gasteiger partial charge in [-0.1, -0.05) is 30.3 Å². The number of nitrogens with zero attached hydrogens (tertiary/aromatic N) is 2. The Balaban J connectivity index is 1.95. The van der Waals surface area contributed by atoms with Gasteiger partial charge in [-0.15, -0.1) is 0 Å². The number of imide groups is 1. The monoisotopic (exact) mass is 388 g/mol. The first-order chi connectivity index (χ1) is 13.1. The number of rotatable bonds is 8. The molecule has 1 atom stereocenters. The van der Waals surface area contributed by atoms with Crippen LogP contribution in [0.4, 0.5) is 4.79 Å². The number of urea groups is 1. The lowest BCUT2D eigenvalue weighted by Crippen LogP contribution is -2.47. The molecular weight excluding hydrogens is 360 g/mol. The van der Waals surface area contributed by atoms with Gasteiger partial charge in [0.2, 0.25) is 11.8 Å². The Hall–Kier alpha value is -2.90. The number of carbonyl (C=O) groups is 4. The van der Waals surface area contributed by atoms with Crippen LogP contribution in [0.5, 0.6) is 0 Å². The fourth-order valence-electron chi connectivity index (χ4n) is 3.03. The number of likely N-dealkylation sites (N-methyl/N-ethyl adjacent to an activating group) is 1. The van der Waals surface area contributed by atoms with E-state index >= 15 is 0 Å². The SMILES string of the molecule is CC(C)NC(=O)CN(C)C(=O)CN1C(=O)N[C@@](C)(CCc2ccccc2)C1=O. The molecule has 1 aliphatic heterocycles. The summed E-state index contributed by atoms with van der Waals surface area (Å²) in [5.74, 6) is -1.20. The highest BCUT2D eigenvalue weighted by Crippen LogP contribution is 2.23. The topological polar surface area (TPSA) is 98.8 Å². The summed E-state index contributed by atoms with van der Waals surface area (Å²) in [7, 11) is 1.47. The van der Waals surface area contributed by atoms with Gasteiger partial charge in [0.25, 0.3) is 5.91 Å². The molecule has 1 fully saturated rings. The zero-order valence-corrected chi connectivity index (χ0v) is 16.8. The van der Waals surface area contributed by atoms with Crippen molar-refractivity contribution in [2.75, 3.05) is 20.1 Å². The second kappa shape index (κ2) is 8.86. The minimum atomic E-state index is -1.05. The molecule has 5 amide bonds. The van der Waals surface area contributed by atoms with Gasteiger partial charge in [0.05, 0.1) is 6.54 Å². The molecule has 8 nitrogen and oxygen atoms in total. The lowest BCUT2D eigenvalue weighted by atomic mass is 9.93. The molecule has 152 valence electrons. The smallest absolute Gasteiger partial charge is 0.325 e. The van der Waals surface area contributed by atoms with Crippen LogP contribution in [0, 0.1) is 0 Å². The molecule has 8 heteroatoms. The maximum atomic E-state index is 12.8. The first-order valence-corrected chi connectivity index (χ1v) is 9.34. The Morgan fingerprint density at radius 1 is 1.21 bits per heavy atom. The van der Waals surface area contributed by atoms with E-state index in [1.165, 1.54) is 11.9 Å². The summed E-state index contributed by atoms with van der Waals surface area (Å²) in [6.07, 6.45) is 1.05. The van der Waals surface area contributed by atoms with Crippen molar-refractivity contribution in [2.24, 2.45) is 0 Å². The summed E-state index contributed by atoms with van der Waals surface area (Å²) >= 11 is 0. The van der Waals surface area contributed by atoms with Crippen LogP contribution in [0.2, 0.25) is 0 Å². The minimum absolute atomic E-state index is 0.0349. The van der Waals surface area contributed by atoms with Gasteiger partial charge in [-0.25, -0.2) is 4.79 Å². The van der Waals surface area contributed by atoms with E-state index in [1.54, 1.807) is 6.92 Å². The number of hydrogen-bond donors (Lipinski definition) is 2. The van der Waals surface area contributed by atoms with Crippen molar-refractivity contribution in [1.29, 1.82) is 0 Å². The van der Waals surface area contributed by atoms with Crippen LogP contribution in [0.3, 0.4) is 0 Å². The molecule has 28 heavy (non-hydrogen) atoms. The van der Waals surface area contributed by atoms with Crippen molar-refractivity contribution in [2.45, 2.75) is 45.2 Å². The van der Waals surface area contributed by atoms with Crippen LogP contribution in [0.1, 0.15) is 32.8 Å². The summed E-state index contributed by atoms with van der Waals surface area (Å²) < 4.78 is 0. The standard InChI is InChI=1S/C20H28N4O4/c1-14(2)21-16(25)12-23(4)17(26)13-24-18(27)20(3,22-19(24)28)11-10-15-8-6-5-7-9-15/h5-9,14H,10-13H2,1-4H3,(H,21,25)(H,22,28)/t20-/m0/s1. The highest BCUT2D eigenvalue weighted by molar-refractivity contribution is 6.08. The van der Waals surface area contributed by atoms with Crippen molar-refractivity contribution >= 4 is 23.8 Å². The molecule has 2 rings (SSSR count). The summed E-state index contributed by atoms with van der Waals surface area (Å²) in [5, 5.41) is 5.39. The molecule has 1 heterocycles. The zero-order valence-electron chi connectivity index (χ0n) is 16.8. The molecule has 2 N–H and O–H groups in total. The molecule has 0 radical (unpaired) electrons. The molecule has 0 unspecified atom stereocenters. The van der Waals surface area contributed by atoms with Crippen LogP contribution in [0.15, 0.2) is 30.3 Å². The van der Waals surface area contributed by atoms with Crippen LogP contribution in [-0.2, 0) is 20.8 Å². The zero-order chi connectivity index (χ0) is 20.9. The van der Waals surface area contributed by atoms with Crippen molar-refractivity contribution in [3.63, 3.8) is 0 Å². The number of aryl methyl sites for hydroxylation is 1. The van der Waals surface area contributed by atoms with Gasteiger partial charge in [-0.3, -0.25) is 19.3 Å². The van der Waals surface area contributed by atoms with Crippen LogP contribution in [0.25, 0.3) is 0 Å². The number of nitrogens with one attached hydrogen (secondary N) is 2. The minimum Gasteiger partial charge on any atom is -0.352 e. The third kappa shape index (κ3) is 5.31. The average Bonchev–Trinajstić information content (AvgIpc) is 2.83. The molecule has 0 aromatic heterocycles. The van der Waals surface area contributed by atoms with Gasteiger partial charge in [-0.05, 0) is 39.2 Å². The van der Waals surface area contributed by atoms with Crippen LogP contribution in [-0.4, -0.2) is 65.3 Å². The molecule has 1 aromatic carbocycles. The largest absolute Gasteiger partial charge is 0.352 e. The van der Waals surface area contributed by atoms with E-state index < -0.39 is 29.9 Å². The molecule has 0 saturated carbocycles. The van der Waals surface area contributed by atoms with E-state index in [9.17, 15) is 19.2 Å². The lowest BCUT2D eigenvalue weighted by Gasteiger charge is -2.23. The maximum absolute atomic E-state index is 12.8. The first kappa shape index (κ1) is 21.4. The normalized spacial score (nSPS) is 19.0. The van der Waals surface area contributed by atoms with E-state index in [2.05, 4.69) is 10.6 Å². The highest BCUT2D eigenvalue weighted by Gasteiger charge is 2.48. The van der Waals surface area contributed by atoms with Gasteiger partial charge >= 0.3 is 6.03 Å². The number of hydrogen-bond acceptors (Lipinski definition) is 4. The Kier molecular flexibility index (Phi) is 6.77. The van der Waals surface area contributed by atoms with Crippen molar-refractivity contribution < 1.29 is 19.2 Å². The van der Waals surface area contributed by atoms with Gasteiger partial charge in [0.15, 0.2) is 0 Å². The second-order valence-corrected chi connectivity index (χ2v) is 7.61. The first-order valence-electron chi connectivity index (χ1n) is 9.34. The van der Waals surface area contributed by atoms with Crippen molar-refractivity contribution in [3.8, 4) is 0 Å². The quantitative estimate of drug-likeness (QED) is 0.647. The maximum Gasteiger partial charge on any atom is 0.325 e. The van der Waals surface area contributed by atoms with Gasteiger partial charge < -0.3 is 15.5 Å². The number of carbonyl (C=O) groups excluding carboxylic acids is 4. The molecule has 1 aliphatic rings. The average molecular weight is 388 g/mol. The van der Waals surface area contributed by atoms with E-state index in [0.717, 1.165) is 10.5 Å². The fraction of sp³-hybridized carbons (Fsp3) is 0.500. The molecule has 0 spiro atoms. The summed E-state index contributed by atoms with van der Waals surface area (Å²) in [6.45, 7) is 4.79. The summed E-state index contributed by atoms with van der Waals surface area (Å²) in [5.41, 5.74) is 0.0112. The van der Waals surface area contributed by atoms with Gasteiger partial charge in [-0.2, -0.15) is 0 Å². The lowest BCUT2D eigenvalue weighted by molar-refractivity contribution is -0.139. The summed E-state index contributed by atoms with van der Waals surface area (Å²) in [6, 6.07) is 9.05. The molecule has 0 bridgehead atoms. The van der Waals surface area contributed by atoms with E-state index in [-0.39, 0.29) is 18.5 Å². The predicted octanol–water partition coefficient (Wildman–Crippen LogP) is 0.913. The molecule has 1 saturated heterocycles. The van der Waals surface area contributed by atoms with E-state index in [4.69, 9.17) is 0 Å². The van der Waals surface area contributed by atoms with Crippen molar-refractivity contribution in [3.05, 3.63) is 35.9 Å². The second-order valence-electron chi connectivity index (χ2n) is 7.61. The van der Waals surface area contributed by atoms with Crippen LogP contribution < -0.4 is 10.6 Å². The number of amides is 5. The fourth-order valence-corrected chi connectivity index (χ4v) is 3.03. The van der Waals surface area contributed by atoms with Crippen LogP contribution >= 0.6 is 0 Å². The molecular formula is C20H28N4O4. The third-order valence-corrected chi connectivity index (χ3v) is 4.65. The van der Waals surface area contributed by atoms with Gasteiger partial charge in [0.1, 0.15) is 12.1 Å². The predicted molar refractivity (Wildman–Crippen MR) is 104 cm³/mol. The molecule has 0 aliphatic carbocycles. The Bertz CT molecular complexity index is 750. The molecule has 1 aromatic rings. The van der Waals surface area contributed by atoms with Crippen molar-refractivity contribution in [1.82, 2.24) is 20.4 Å².